The Bertz CT molecular complexity index is 533. The van der Waals surface area contributed by atoms with E-state index in [2.05, 4.69) is 60.8 Å². The number of nitrogens with one attached hydrogen (secondary N) is 1. The molecule has 0 amide bonds. The lowest BCUT2D eigenvalue weighted by molar-refractivity contribution is 0.197. The SMILES string of the molecule is Brc1cccc([C@@H](c2cccs2)N2CCNCC2)n1.Cl.Cl. The first-order valence-corrected chi connectivity index (χ1v) is 8.12. The fourth-order valence-corrected chi connectivity index (χ4v) is 3.70. The van der Waals surface area contributed by atoms with Gasteiger partial charge in [0.05, 0.1) is 11.7 Å². The minimum Gasteiger partial charge on any atom is -0.314 e. The van der Waals surface area contributed by atoms with E-state index in [-0.39, 0.29) is 30.9 Å². The van der Waals surface area contributed by atoms with E-state index in [1.165, 1.54) is 4.88 Å². The van der Waals surface area contributed by atoms with Gasteiger partial charge in [-0.3, -0.25) is 4.90 Å². The molecule has 116 valence electrons. The van der Waals surface area contributed by atoms with Crippen molar-refractivity contribution in [2.75, 3.05) is 26.2 Å². The summed E-state index contributed by atoms with van der Waals surface area (Å²) in [6, 6.07) is 10.8. The molecule has 0 aromatic carbocycles. The van der Waals surface area contributed by atoms with Crippen LogP contribution in [-0.4, -0.2) is 36.1 Å². The third-order valence-corrected chi connectivity index (χ3v) is 4.71. The second-order valence-corrected chi connectivity index (χ2v) is 6.38. The van der Waals surface area contributed by atoms with Gasteiger partial charge in [-0.25, -0.2) is 4.98 Å². The number of hydrogen-bond acceptors (Lipinski definition) is 4. The third-order valence-electron chi connectivity index (χ3n) is 3.35. The topological polar surface area (TPSA) is 28.2 Å². The number of halogens is 3. The molecule has 0 saturated carbocycles. The Kier molecular flexibility index (Phi) is 8.16. The van der Waals surface area contributed by atoms with Crippen molar-refractivity contribution >= 4 is 52.1 Å². The average Bonchev–Trinajstić information content (AvgIpc) is 2.94. The van der Waals surface area contributed by atoms with E-state index >= 15 is 0 Å². The molecule has 3 heterocycles. The van der Waals surface area contributed by atoms with Gasteiger partial charge in [0.25, 0.3) is 0 Å². The number of hydrogen-bond donors (Lipinski definition) is 1. The van der Waals surface area contributed by atoms with Crippen LogP contribution in [0.2, 0.25) is 0 Å². The zero-order valence-electron chi connectivity index (χ0n) is 11.4. The second kappa shape index (κ2) is 9.08. The van der Waals surface area contributed by atoms with Crippen LogP contribution in [0.1, 0.15) is 16.6 Å². The first kappa shape index (κ1) is 18.9. The van der Waals surface area contributed by atoms with Crippen molar-refractivity contribution in [1.29, 1.82) is 0 Å². The van der Waals surface area contributed by atoms with Crippen molar-refractivity contribution in [2.24, 2.45) is 0 Å². The highest BCUT2D eigenvalue weighted by atomic mass is 79.9. The Hall–Kier alpha value is -0.170. The maximum Gasteiger partial charge on any atom is 0.106 e. The van der Waals surface area contributed by atoms with Gasteiger partial charge in [0.1, 0.15) is 4.60 Å². The highest BCUT2D eigenvalue weighted by Gasteiger charge is 2.25. The number of piperazine rings is 1. The number of aromatic nitrogens is 1. The summed E-state index contributed by atoms with van der Waals surface area (Å²) in [6.07, 6.45) is 0. The summed E-state index contributed by atoms with van der Waals surface area (Å²) in [5.41, 5.74) is 1.12. The Balaban J connectivity index is 0.00000110. The molecule has 0 aliphatic carbocycles. The van der Waals surface area contributed by atoms with Gasteiger partial charge in [0, 0.05) is 31.1 Å². The Morgan fingerprint density at radius 3 is 2.52 bits per heavy atom. The van der Waals surface area contributed by atoms with Crippen molar-refractivity contribution in [1.82, 2.24) is 15.2 Å². The second-order valence-electron chi connectivity index (χ2n) is 4.59. The van der Waals surface area contributed by atoms with E-state index in [9.17, 15) is 0 Å². The average molecular weight is 411 g/mol. The van der Waals surface area contributed by atoms with E-state index in [1.54, 1.807) is 0 Å². The molecule has 0 unspecified atom stereocenters. The molecule has 1 fully saturated rings. The van der Waals surface area contributed by atoms with Gasteiger partial charge >= 0.3 is 0 Å². The lowest BCUT2D eigenvalue weighted by Gasteiger charge is -2.34. The Labute approximate surface area is 150 Å². The molecule has 0 spiro atoms. The largest absolute Gasteiger partial charge is 0.314 e. The third kappa shape index (κ3) is 4.65. The van der Waals surface area contributed by atoms with E-state index in [4.69, 9.17) is 0 Å². The van der Waals surface area contributed by atoms with Crippen LogP contribution in [0, 0.1) is 0 Å². The fourth-order valence-electron chi connectivity index (χ4n) is 2.48. The number of rotatable bonds is 3. The lowest BCUT2D eigenvalue weighted by Crippen LogP contribution is -2.45. The summed E-state index contributed by atoms with van der Waals surface area (Å²) in [5, 5.41) is 5.55. The van der Waals surface area contributed by atoms with Crippen LogP contribution in [0.5, 0.6) is 0 Å². The quantitative estimate of drug-likeness (QED) is 0.781. The van der Waals surface area contributed by atoms with Gasteiger partial charge in [-0.15, -0.1) is 36.2 Å². The maximum absolute atomic E-state index is 4.67. The maximum atomic E-state index is 4.67. The van der Waals surface area contributed by atoms with Crippen LogP contribution in [0.3, 0.4) is 0 Å². The Morgan fingerprint density at radius 2 is 1.90 bits per heavy atom. The van der Waals surface area contributed by atoms with Gasteiger partial charge in [-0.1, -0.05) is 12.1 Å². The zero-order chi connectivity index (χ0) is 13.1. The molecule has 7 heteroatoms. The van der Waals surface area contributed by atoms with E-state index < -0.39 is 0 Å². The lowest BCUT2D eigenvalue weighted by atomic mass is 10.1. The number of nitrogens with zero attached hydrogens (tertiary/aromatic N) is 2. The highest BCUT2D eigenvalue weighted by molar-refractivity contribution is 9.10. The fraction of sp³-hybridized carbons (Fsp3) is 0.357. The molecule has 1 saturated heterocycles. The molecule has 1 aliphatic heterocycles. The summed E-state index contributed by atoms with van der Waals surface area (Å²) in [7, 11) is 0. The minimum atomic E-state index is 0. The predicted octanol–water partition coefficient (Wildman–Crippen LogP) is 3.74. The molecule has 3 nitrogen and oxygen atoms in total. The summed E-state index contributed by atoms with van der Waals surface area (Å²) < 4.78 is 0.904. The molecule has 3 rings (SSSR count). The van der Waals surface area contributed by atoms with E-state index in [0.717, 1.165) is 36.5 Å². The number of thiophene rings is 1. The van der Waals surface area contributed by atoms with Crippen molar-refractivity contribution in [3.63, 3.8) is 0 Å². The van der Waals surface area contributed by atoms with Gasteiger partial charge < -0.3 is 5.32 Å². The van der Waals surface area contributed by atoms with Gasteiger partial charge in [-0.2, -0.15) is 0 Å². The van der Waals surface area contributed by atoms with Crippen LogP contribution < -0.4 is 5.32 Å². The molecule has 2 aromatic heterocycles. The van der Waals surface area contributed by atoms with Crippen molar-refractivity contribution in [3.8, 4) is 0 Å². The van der Waals surface area contributed by atoms with Crippen LogP contribution >= 0.6 is 52.1 Å². The molecule has 1 aliphatic rings. The minimum absolute atomic E-state index is 0. The summed E-state index contributed by atoms with van der Waals surface area (Å²) in [6.45, 7) is 4.24. The van der Waals surface area contributed by atoms with Crippen molar-refractivity contribution < 1.29 is 0 Å². The zero-order valence-corrected chi connectivity index (χ0v) is 15.4. The monoisotopic (exact) mass is 409 g/mol. The van der Waals surface area contributed by atoms with Crippen molar-refractivity contribution in [3.05, 3.63) is 50.9 Å². The van der Waals surface area contributed by atoms with E-state index in [1.807, 2.05) is 17.4 Å². The molecule has 0 radical (unpaired) electrons. The Morgan fingerprint density at radius 1 is 1.14 bits per heavy atom. The summed E-state index contributed by atoms with van der Waals surface area (Å²) in [5.74, 6) is 0. The van der Waals surface area contributed by atoms with Crippen LogP contribution in [0.15, 0.2) is 40.3 Å². The van der Waals surface area contributed by atoms with Gasteiger partial charge in [0.2, 0.25) is 0 Å². The molecule has 2 aromatic rings. The van der Waals surface area contributed by atoms with Crippen molar-refractivity contribution in [2.45, 2.75) is 6.04 Å². The first-order chi connectivity index (χ1) is 9.34. The standard InChI is InChI=1S/C14H16BrN3S.2ClH/c15-13-5-1-3-11(17-13)14(12-4-2-10-19-12)18-8-6-16-7-9-18;;/h1-5,10,14,16H,6-9H2;2*1H/t14-;;/m0../s1. The smallest absolute Gasteiger partial charge is 0.106 e. The number of pyridine rings is 1. The summed E-state index contributed by atoms with van der Waals surface area (Å²) in [4.78, 5) is 8.55. The molecule has 0 bridgehead atoms. The molecule has 1 atom stereocenters. The molecular formula is C14H18BrCl2N3S. The normalized spacial score (nSPS) is 16.6. The highest BCUT2D eigenvalue weighted by Crippen LogP contribution is 2.31. The predicted molar refractivity (Wildman–Crippen MR) is 97.0 cm³/mol. The first-order valence-electron chi connectivity index (χ1n) is 6.45. The molecular weight excluding hydrogens is 393 g/mol. The van der Waals surface area contributed by atoms with Crippen LogP contribution in [0.4, 0.5) is 0 Å². The van der Waals surface area contributed by atoms with Crippen LogP contribution in [-0.2, 0) is 0 Å². The molecule has 21 heavy (non-hydrogen) atoms. The van der Waals surface area contributed by atoms with E-state index in [0.29, 0.717) is 0 Å². The van der Waals surface area contributed by atoms with Crippen LogP contribution in [0.25, 0.3) is 0 Å². The summed E-state index contributed by atoms with van der Waals surface area (Å²) >= 11 is 5.29. The van der Waals surface area contributed by atoms with Gasteiger partial charge in [-0.05, 0) is 39.5 Å². The molecule has 1 N–H and O–H groups in total. The van der Waals surface area contributed by atoms with Gasteiger partial charge in [0.15, 0.2) is 0 Å².